The summed E-state index contributed by atoms with van der Waals surface area (Å²) in [5.41, 5.74) is 2.43. The Balaban J connectivity index is 1.53. The van der Waals surface area contributed by atoms with Crippen molar-refractivity contribution in [2.24, 2.45) is 0 Å². The van der Waals surface area contributed by atoms with E-state index in [0.29, 0.717) is 28.4 Å². The lowest BCUT2D eigenvalue weighted by Crippen LogP contribution is -2.28. The van der Waals surface area contributed by atoms with Crippen molar-refractivity contribution in [2.75, 3.05) is 20.8 Å². The van der Waals surface area contributed by atoms with Crippen LogP contribution in [0.2, 0.25) is 5.15 Å². The van der Waals surface area contributed by atoms with Gasteiger partial charge in [-0.3, -0.25) is 4.79 Å². The molecule has 3 aromatic rings. The molecule has 0 fully saturated rings. The highest BCUT2D eigenvalue weighted by molar-refractivity contribution is 6.31. The molecule has 0 saturated carbocycles. The number of carbonyl (C=O) groups excluding carboxylic acids is 2. The molecule has 0 unspecified atom stereocenters. The summed E-state index contributed by atoms with van der Waals surface area (Å²) in [6, 6.07) is 10.9. The maximum absolute atomic E-state index is 13.2. The zero-order chi connectivity index (χ0) is 24.7. The molecule has 0 aliphatic carbocycles. The topological polar surface area (TPSA) is 91.7 Å². The molecular weight excluding hydrogens is 465 g/mol. The first kappa shape index (κ1) is 24.8. The molecule has 1 amide bonds. The number of amides is 1. The molecule has 178 valence electrons. The SMILES string of the molecule is COc1ccc(CNC(=O)COC(=O)/C=C/c2c(C)nn(-c3ccc(F)cc3)c2Cl)cc1OC. The Morgan fingerprint density at radius 2 is 1.82 bits per heavy atom. The van der Waals surface area contributed by atoms with Gasteiger partial charge < -0.3 is 19.5 Å². The molecule has 0 aliphatic rings. The van der Waals surface area contributed by atoms with Gasteiger partial charge in [0.15, 0.2) is 18.1 Å². The van der Waals surface area contributed by atoms with Gasteiger partial charge in [0.05, 0.1) is 25.6 Å². The largest absolute Gasteiger partial charge is 0.493 e. The predicted octanol–water partition coefficient (Wildman–Crippen LogP) is 3.86. The number of benzene rings is 2. The number of hydrogen-bond donors (Lipinski definition) is 1. The number of aryl methyl sites for hydroxylation is 1. The molecule has 0 bridgehead atoms. The van der Waals surface area contributed by atoms with E-state index in [-0.39, 0.29) is 17.5 Å². The van der Waals surface area contributed by atoms with E-state index in [1.807, 2.05) is 0 Å². The summed E-state index contributed by atoms with van der Waals surface area (Å²) < 4.78 is 30.0. The number of rotatable bonds is 9. The lowest BCUT2D eigenvalue weighted by molar-refractivity contribution is -0.143. The van der Waals surface area contributed by atoms with E-state index in [4.69, 9.17) is 25.8 Å². The third-order valence-corrected chi connectivity index (χ3v) is 5.15. The average Bonchev–Trinajstić information content (AvgIpc) is 3.13. The van der Waals surface area contributed by atoms with Gasteiger partial charge in [-0.1, -0.05) is 17.7 Å². The molecule has 10 heteroatoms. The van der Waals surface area contributed by atoms with E-state index in [1.54, 1.807) is 25.1 Å². The van der Waals surface area contributed by atoms with Crippen LogP contribution in [-0.4, -0.2) is 42.5 Å². The highest BCUT2D eigenvalue weighted by atomic mass is 35.5. The van der Waals surface area contributed by atoms with Crippen LogP contribution in [0.5, 0.6) is 11.5 Å². The molecule has 1 N–H and O–H groups in total. The van der Waals surface area contributed by atoms with Crippen LogP contribution in [-0.2, 0) is 20.9 Å². The zero-order valence-corrected chi connectivity index (χ0v) is 19.6. The van der Waals surface area contributed by atoms with Crippen molar-refractivity contribution in [1.29, 1.82) is 0 Å². The summed E-state index contributed by atoms with van der Waals surface area (Å²) in [5, 5.41) is 7.23. The number of methoxy groups -OCH3 is 2. The number of carbonyl (C=O) groups is 2. The van der Waals surface area contributed by atoms with Crippen molar-refractivity contribution in [3.8, 4) is 17.2 Å². The zero-order valence-electron chi connectivity index (χ0n) is 18.8. The smallest absolute Gasteiger partial charge is 0.331 e. The molecule has 3 rings (SSSR count). The maximum Gasteiger partial charge on any atom is 0.331 e. The normalized spacial score (nSPS) is 10.9. The van der Waals surface area contributed by atoms with E-state index in [2.05, 4.69) is 10.4 Å². The third kappa shape index (κ3) is 6.14. The maximum atomic E-state index is 13.2. The van der Waals surface area contributed by atoms with Gasteiger partial charge in [-0.15, -0.1) is 0 Å². The highest BCUT2D eigenvalue weighted by Gasteiger charge is 2.14. The summed E-state index contributed by atoms with van der Waals surface area (Å²) in [7, 11) is 3.06. The molecule has 0 radical (unpaired) electrons. The van der Waals surface area contributed by atoms with Crippen LogP contribution in [0.15, 0.2) is 48.5 Å². The number of esters is 1. The van der Waals surface area contributed by atoms with Gasteiger partial charge in [-0.25, -0.2) is 13.9 Å². The molecule has 0 saturated heterocycles. The van der Waals surface area contributed by atoms with Crippen LogP contribution in [0.25, 0.3) is 11.8 Å². The summed E-state index contributed by atoms with van der Waals surface area (Å²) in [4.78, 5) is 24.1. The van der Waals surface area contributed by atoms with Crippen LogP contribution in [0.1, 0.15) is 16.8 Å². The number of nitrogens with one attached hydrogen (secondary N) is 1. The van der Waals surface area contributed by atoms with Crippen molar-refractivity contribution in [3.05, 3.63) is 76.3 Å². The Hall–Kier alpha value is -3.85. The minimum absolute atomic E-state index is 0.226. The Bertz CT molecular complexity index is 1210. The standard InChI is InChI=1S/C24H23ClFN3O5/c1-15-19(24(25)29(28-15)18-7-5-17(26)6-8-18)9-11-23(31)34-14-22(30)27-13-16-4-10-20(32-2)21(12-16)33-3/h4-12H,13-14H2,1-3H3,(H,27,30)/b11-9+. The van der Waals surface area contributed by atoms with E-state index in [1.165, 1.54) is 49.2 Å². The van der Waals surface area contributed by atoms with Crippen molar-refractivity contribution >= 4 is 29.6 Å². The van der Waals surface area contributed by atoms with Gasteiger partial charge in [0, 0.05) is 18.2 Å². The molecule has 0 atom stereocenters. The van der Waals surface area contributed by atoms with E-state index in [9.17, 15) is 14.0 Å². The Morgan fingerprint density at radius 3 is 2.50 bits per heavy atom. The van der Waals surface area contributed by atoms with Gasteiger partial charge >= 0.3 is 5.97 Å². The summed E-state index contributed by atoms with van der Waals surface area (Å²) >= 11 is 6.38. The number of aromatic nitrogens is 2. The van der Waals surface area contributed by atoms with Gasteiger partial charge in [-0.2, -0.15) is 5.10 Å². The Labute approximate surface area is 200 Å². The number of halogens is 2. The van der Waals surface area contributed by atoms with Crippen LogP contribution >= 0.6 is 11.6 Å². The van der Waals surface area contributed by atoms with Crippen molar-refractivity contribution in [2.45, 2.75) is 13.5 Å². The fourth-order valence-corrected chi connectivity index (χ4v) is 3.37. The van der Waals surface area contributed by atoms with E-state index >= 15 is 0 Å². The molecule has 8 nitrogen and oxygen atoms in total. The number of nitrogens with zero attached hydrogens (tertiary/aromatic N) is 2. The summed E-state index contributed by atoms with van der Waals surface area (Å²) in [6.45, 7) is 1.50. The molecule has 1 aromatic heterocycles. The second-order valence-electron chi connectivity index (χ2n) is 7.09. The monoisotopic (exact) mass is 487 g/mol. The van der Waals surface area contributed by atoms with Gasteiger partial charge in [-0.05, 0) is 55.0 Å². The van der Waals surface area contributed by atoms with E-state index in [0.717, 1.165) is 11.6 Å². The number of ether oxygens (including phenoxy) is 3. The second kappa shape index (κ2) is 11.3. The molecule has 0 spiro atoms. The van der Waals surface area contributed by atoms with Crippen LogP contribution in [0.3, 0.4) is 0 Å². The van der Waals surface area contributed by atoms with Gasteiger partial charge in [0.25, 0.3) is 5.91 Å². The van der Waals surface area contributed by atoms with Gasteiger partial charge in [0.1, 0.15) is 11.0 Å². The second-order valence-corrected chi connectivity index (χ2v) is 7.44. The molecule has 34 heavy (non-hydrogen) atoms. The van der Waals surface area contributed by atoms with Crippen molar-refractivity contribution < 1.29 is 28.2 Å². The lowest BCUT2D eigenvalue weighted by Gasteiger charge is -2.10. The third-order valence-electron chi connectivity index (χ3n) is 4.79. The minimum Gasteiger partial charge on any atom is -0.493 e. The molecule has 0 aliphatic heterocycles. The first-order valence-corrected chi connectivity index (χ1v) is 10.5. The first-order valence-electron chi connectivity index (χ1n) is 10.2. The van der Waals surface area contributed by atoms with Gasteiger partial charge in [0.2, 0.25) is 0 Å². The summed E-state index contributed by atoms with van der Waals surface area (Å²) in [5.74, 6) is -0.431. The first-order chi connectivity index (χ1) is 16.3. The predicted molar refractivity (Wildman–Crippen MR) is 125 cm³/mol. The van der Waals surface area contributed by atoms with Crippen molar-refractivity contribution in [1.82, 2.24) is 15.1 Å². The van der Waals surface area contributed by atoms with Crippen LogP contribution in [0, 0.1) is 12.7 Å². The highest BCUT2D eigenvalue weighted by Crippen LogP contribution is 2.27. The lowest BCUT2D eigenvalue weighted by atomic mass is 10.2. The van der Waals surface area contributed by atoms with Crippen molar-refractivity contribution in [3.63, 3.8) is 0 Å². The minimum atomic E-state index is -0.716. The number of hydrogen-bond acceptors (Lipinski definition) is 6. The summed E-state index contributed by atoms with van der Waals surface area (Å²) in [6.07, 6.45) is 2.61. The van der Waals surface area contributed by atoms with Crippen LogP contribution < -0.4 is 14.8 Å². The quantitative estimate of drug-likeness (QED) is 0.364. The average molecular weight is 488 g/mol. The molecule has 2 aromatic carbocycles. The fraction of sp³-hybridized carbons (Fsp3) is 0.208. The Morgan fingerprint density at radius 1 is 1.12 bits per heavy atom. The molecule has 1 heterocycles. The van der Waals surface area contributed by atoms with E-state index < -0.39 is 18.5 Å². The van der Waals surface area contributed by atoms with Crippen LogP contribution in [0.4, 0.5) is 4.39 Å². The Kier molecular flexibility index (Phi) is 8.26. The fourth-order valence-electron chi connectivity index (χ4n) is 3.03. The molecular formula is C24H23ClFN3O5.